The van der Waals surface area contributed by atoms with Crippen LogP contribution in [0.4, 0.5) is 0 Å². The zero-order valence-electron chi connectivity index (χ0n) is 9.92. The first-order chi connectivity index (χ1) is 8.79. The maximum absolute atomic E-state index is 11.6. The van der Waals surface area contributed by atoms with Gasteiger partial charge in [0.1, 0.15) is 5.78 Å². The summed E-state index contributed by atoms with van der Waals surface area (Å²) < 4.78 is 28.6. The Morgan fingerprint density at radius 3 is 2.68 bits per heavy atom. The van der Waals surface area contributed by atoms with Crippen molar-refractivity contribution in [2.45, 2.75) is 24.8 Å². The highest BCUT2D eigenvalue weighted by molar-refractivity contribution is 8.13. The van der Waals surface area contributed by atoms with E-state index in [-0.39, 0.29) is 29.2 Å². The molecule has 1 aromatic carbocycles. The average molecular weight is 304 g/mol. The van der Waals surface area contributed by atoms with Crippen molar-refractivity contribution in [3.05, 3.63) is 28.7 Å². The van der Waals surface area contributed by atoms with E-state index in [1.807, 2.05) is 0 Å². The first-order valence-electron chi connectivity index (χ1n) is 5.36. The molecule has 0 atom stereocenters. The van der Waals surface area contributed by atoms with E-state index in [4.69, 9.17) is 15.1 Å². The topological polar surface area (TPSA) is 86.3 Å². The lowest BCUT2D eigenvalue weighted by atomic mass is 10.3. The second-order valence-corrected chi connectivity index (χ2v) is 6.60. The number of halogens is 1. The van der Waals surface area contributed by atoms with E-state index in [1.165, 1.54) is 29.7 Å². The minimum Gasteiger partial charge on any atom is -0.408 e. The maximum Gasteiger partial charge on any atom is 0.419 e. The van der Waals surface area contributed by atoms with Crippen molar-refractivity contribution in [3.8, 4) is 0 Å². The van der Waals surface area contributed by atoms with Gasteiger partial charge in [-0.05, 0) is 19.1 Å². The zero-order valence-corrected chi connectivity index (χ0v) is 11.5. The van der Waals surface area contributed by atoms with Gasteiger partial charge in [-0.1, -0.05) is 0 Å². The largest absolute Gasteiger partial charge is 0.419 e. The molecule has 0 aliphatic carbocycles. The van der Waals surface area contributed by atoms with Crippen LogP contribution in [0.15, 0.2) is 32.3 Å². The molecule has 0 radical (unpaired) electrons. The van der Waals surface area contributed by atoms with Crippen molar-refractivity contribution in [2.75, 3.05) is 0 Å². The Kier molecular flexibility index (Phi) is 3.51. The lowest BCUT2D eigenvalue weighted by molar-refractivity contribution is -0.117. The fraction of sp³-hybridized carbons (Fsp3) is 0.273. The van der Waals surface area contributed by atoms with Gasteiger partial charge in [-0.15, -0.1) is 0 Å². The minimum atomic E-state index is -3.88. The fourth-order valence-electron chi connectivity index (χ4n) is 1.68. The Morgan fingerprint density at radius 1 is 1.42 bits per heavy atom. The molecule has 0 aliphatic heterocycles. The molecule has 8 heteroatoms. The van der Waals surface area contributed by atoms with Crippen LogP contribution in [0, 0.1) is 0 Å². The van der Waals surface area contributed by atoms with E-state index in [1.54, 1.807) is 0 Å². The maximum atomic E-state index is 11.6. The SMILES string of the molecule is CC(=O)CCn1c(=O)oc2cc(S(=O)(=O)Cl)ccc21. The number of carbonyl (C=O) groups is 1. The second kappa shape index (κ2) is 4.82. The molecule has 0 unspecified atom stereocenters. The molecular weight excluding hydrogens is 294 g/mol. The Bertz CT molecular complexity index is 802. The summed E-state index contributed by atoms with van der Waals surface area (Å²) in [6.45, 7) is 1.61. The van der Waals surface area contributed by atoms with Crippen LogP contribution in [0.5, 0.6) is 0 Å². The molecule has 0 saturated carbocycles. The van der Waals surface area contributed by atoms with Crippen LogP contribution in [0.3, 0.4) is 0 Å². The number of rotatable bonds is 4. The van der Waals surface area contributed by atoms with Crippen molar-refractivity contribution < 1.29 is 17.6 Å². The fourth-order valence-corrected chi connectivity index (χ4v) is 2.45. The third-order valence-electron chi connectivity index (χ3n) is 2.61. The highest BCUT2D eigenvalue weighted by Crippen LogP contribution is 2.21. The van der Waals surface area contributed by atoms with Crippen molar-refractivity contribution in [1.29, 1.82) is 0 Å². The summed E-state index contributed by atoms with van der Waals surface area (Å²) in [6, 6.07) is 3.89. The second-order valence-electron chi connectivity index (χ2n) is 4.04. The molecule has 1 heterocycles. The average Bonchev–Trinajstić information content (AvgIpc) is 2.59. The molecule has 0 saturated heterocycles. The zero-order chi connectivity index (χ0) is 14.2. The Balaban J connectivity index is 2.54. The summed E-state index contributed by atoms with van der Waals surface area (Å²) in [4.78, 5) is 22.4. The van der Waals surface area contributed by atoms with E-state index < -0.39 is 14.8 Å². The number of benzene rings is 1. The van der Waals surface area contributed by atoms with Gasteiger partial charge in [0.25, 0.3) is 9.05 Å². The number of aromatic nitrogens is 1. The molecule has 0 spiro atoms. The number of Topliss-reactive ketones (excluding diaryl/α,β-unsaturated/α-hetero) is 1. The molecule has 0 N–H and O–H groups in total. The van der Waals surface area contributed by atoms with E-state index in [9.17, 15) is 18.0 Å². The minimum absolute atomic E-state index is 0.0544. The number of hydrogen-bond acceptors (Lipinski definition) is 5. The van der Waals surface area contributed by atoms with Gasteiger partial charge in [0, 0.05) is 29.7 Å². The molecule has 1 aromatic heterocycles. The van der Waals surface area contributed by atoms with Crippen molar-refractivity contribution >= 4 is 36.6 Å². The normalized spacial score (nSPS) is 11.9. The number of nitrogens with zero attached hydrogens (tertiary/aromatic N) is 1. The molecular formula is C11H10ClNO5S. The number of ketones is 1. The van der Waals surface area contributed by atoms with Gasteiger partial charge in [-0.2, -0.15) is 0 Å². The van der Waals surface area contributed by atoms with Crippen LogP contribution >= 0.6 is 10.7 Å². The summed E-state index contributed by atoms with van der Waals surface area (Å²) in [6.07, 6.45) is 0.199. The molecule has 19 heavy (non-hydrogen) atoms. The van der Waals surface area contributed by atoms with Crippen molar-refractivity contribution in [2.24, 2.45) is 0 Å². The number of hydrogen-bond donors (Lipinski definition) is 0. The molecule has 0 amide bonds. The molecule has 0 aliphatic rings. The van der Waals surface area contributed by atoms with Crippen LogP contribution < -0.4 is 5.76 Å². The summed E-state index contributed by atoms with van der Waals surface area (Å²) in [5.41, 5.74) is 0.547. The monoisotopic (exact) mass is 303 g/mol. The molecule has 0 bridgehead atoms. The summed E-state index contributed by atoms with van der Waals surface area (Å²) in [7, 11) is 1.33. The van der Waals surface area contributed by atoms with E-state index in [0.29, 0.717) is 5.52 Å². The third kappa shape index (κ3) is 2.87. The van der Waals surface area contributed by atoms with Crippen molar-refractivity contribution in [3.63, 3.8) is 0 Å². The smallest absolute Gasteiger partial charge is 0.408 e. The van der Waals surface area contributed by atoms with E-state index in [2.05, 4.69) is 0 Å². The summed E-state index contributed by atoms with van der Waals surface area (Å²) >= 11 is 0. The Morgan fingerprint density at radius 2 is 2.11 bits per heavy atom. The van der Waals surface area contributed by atoms with Crippen molar-refractivity contribution in [1.82, 2.24) is 4.57 Å². The first-order valence-corrected chi connectivity index (χ1v) is 7.67. The predicted molar refractivity (Wildman–Crippen MR) is 68.8 cm³/mol. The lowest BCUT2D eigenvalue weighted by Crippen LogP contribution is -2.15. The number of aryl methyl sites for hydroxylation is 1. The highest BCUT2D eigenvalue weighted by atomic mass is 35.7. The molecule has 2 rings (SSSR count). The van der Waals surface area contributed by atoms with E-state index >= 15 is 0 Å². The van der Waals surface area contributed by atoms with E-state index in [0.717, 1.165) is 0 Å². The summed E-state index contributed by atoms with van der Waals surface area (Å²) in [5, 5.41) is 0. The Hall–Kier alpha value is -1.60. The molecule has 2 aromatic rings. The summed E-state index contributed by atoms with van der Waals surface area (Å²) in [5.74, 6) is -0.693. The number of carbonyl (C=O) groups excluding carboxylic acids is 1. The van der Waals surface area contributed by atoms with Crippen LogP contribution in [0.1, 0.15) is 13.3 Å². The molecule has 0 fully saturated rings. The van der Waals surface area contributed by atoms with Crippen LogP contribution in [0.25, 0.3) is 11.1 Å². The van der Waals surface area contributed by atoms with Gasteiger partial charge in [0.05, 0.1) is 10.4 Å². The van der Waals surface area contributed by atoms with Gasteiger partial charge in [0.15, 0.2) is 5.58 Å². The molecule has 6 nitrogen and oxygen atoms in total. The Labute approximate surface area is 113 Å². The van der Waals surface area contributed by atoms with Gasteiger partial charge in [-0.25, -0.2) is 13.2 Å². The van der Waals surface area contributed by atoms with Crippen LogP contribution in [0.2, 0.25) is 0 Å². The van der Waals surface area contributed by atoms with Crippen LogP contribution in [-0.2, 0) is 20.4 Å². The number of oxazole rings is 1. The third-order valence-corrected chi connectivity index (χ3v) is 3.96. The van der Waals surface area contributed by atoms with Crippen LogP contribution in [-0.4, -0.2) is 18.8 Å². The predicted octanol–water partition coefficient (Wildman–Crippen LogP) is 1.50. The molecule has 102 valence electrons. The standard InChI is InChI=1S/C11H10ClNO5S/c1-7(14)4-5-13-9-3-2-8(19(12,16)17)6-10(9)18-11(13)15/h2-3,6H,4-5H2,1H3. The first kappa shape index (κ1) is 13.8. The van der Waals surface area contributed by atoms with Gasteiger partial charge in [-0.3, -0.25) is 9.36 Å². The lowest BCUT2D eigenvalue weighted by Gasteiger charge is -2.00. The van der Waals surface area contributed by atoms with Gasteiger partial charge in [0.2, 0.25) is 0 Å². The highest BCUT2D eigenvalue weighted by Gasteiger charge is 2.15. The number of fused-ring (bicyclic) bond motifs is 1. The quantitative estimate of drug-likeness (QED) is 0.799. The van der Waals surface area contributed by atoms with Gasteiger partial charge >= 0.3 is 5.76 Å². The van der Waals surface area contributed by atoms with Gasteiger partial charge < -0.3 is 4.42 Å².